The summed E-state index contributed by atoms with van der Waals surface area (Å²) in [5, 5.41) is 41.5. The van der Waals surface area contributed by atoms with Crippen LogP contribution in [-0.2, 0) is 10.0 Å². The molecule has 0 amide bonds. The third kappa shape index (κ3) is 13.0. The summed E-state index contributed by atoms with van der Waals surface area (Å²) in [5.74, 6) is 1.87. The highest BCUT2D eigenvalue weighted by atomic mass is 35.5. The minimum atomic E-state index is -3.68. The summed E-state index contributed by atoms with van der Waals surface area (Å²) in [6.07, 6.45) is 9.67. The van der Waals surface area contributed by atoms with Gasteiger partial charge in [-0.15, -0.1) is 0 Å². The predicted molar refractivity (Wildman–Crippen MR) is 273 cm³/mol. The molecule has 4 N–H and O–H groups in total. The number of anilines is 2. The number of benzene rings is 2. The van der Waals surface area contributed by atoms with Crippen molar-refractivity contribution in [3.05, 3.63) is 128 Å². The molecule has 20 nitrogen and oxygen atoms in total. The van der Waals surface area contributed by atoms with Crippen LogP contribution in [-0.4, -0.2) is 122 Å². The molecule has 9 rings (SSSR count). The molecule has 0 unspecified atom stereocenters. The zero-order valence-electron chi connectivity index (χ0n) is 38.0. The fraction of sp³-hybridized carbons (Fsp3) is 0.391. The average molecular weight is 1020 g/mol. The van der Waals surface area contributed by atoms with Gasteiger partial charge in [-0.1, -0.05) is 42.8 Å². The number of imidazole rings is 1. The Hall–Kier alpha value is -6.01. The van der Waals surface area contributed by atoms with Gasteiger partial charge in [0, 0.05) is 67.5 Å². The van der Waals surface area contributed by atoms with Crippen molar-refractivity contribution in [2.75, 3.05) is 57.0 Å². The van der Waals surface area contributed by atoms with Gasteiger partial charge in [0.2, 0.25) is 21.7 Å². The number of hydrogen-bond donors (Lipinski definition) is 4. The van der Waals surface area contributed by atoms with Gasteiger partial charge in [-0.25, -0.2) is 28.4 Å². The Balaban J connectivity index is 0.000000189. The van der Waals surface area contributed by atoms with E-state index in [1.54, 1.807) is 43.6 Å². The molecule has 0 radical (unpaired) electrons. The number of rotatable bonds is 12. The highest BCUT2D eigenvalue weighted by Crippen LogP contribution is 2.37. The SMILES string of the molecule is C.CB(O)N1CCC(Nc2ncccc2[N+](=O)[O-])CC1.COc1ccc(S(=O)(=O)N2CCC(n3c(-c4ccccc4Cl)nc4cccnc43)CC2)cc1Cl.O=[N+]([O-])c1cccnc1NC1CCNCC1. The smallest absolute Gasteiger partial charge is 0.376 e. The number of methoxy groups -OCH3 is 1. The normalized spacial score (nSPS) is 16.1. The Kier molecular flexibility index (Phi) is 18.8. The summed E-state index contributed by atoms with van der Waals surface area (Å²) in [6.45, 7) is 5.91. The topological polar surface area (TPSA) is 249 Å². The Morgan fingerprint density at radius 2 is 1.34 bits per heavy atom. The molecule has 0 bridgehead atoms. The van der Waals surface area contributed by atoms with E-state index in [4.69, 9.17) is 32.9 Å². The number of nitrogens with zero attached hydrogens (tertiary/aromatic N) is 9. The maximum Gasteiger partial charge on any atom is 0.376 e. The molecule has 372 valence electrons. The second-order valence-corrected chi connectivity index (χ2v) is 19.3. The second kappa shape index (κ2) is 24.7. The molecule has 3 aliphatic heterocycles. The number of halogens is 2. The van der Waals surface area contributed by atoms with E-state index >= 15 is 0 Å². The molecule has 0 aliphatic carbocycles. The molecule has 3 fully saturated rings. The molecule has 3 aliphatic rings. The predicted octanol–water partition coefficient (Wildman–Crippen LogP) is 8.21. The zero-order chi connectivity index (χ0) is 49.1. The summed E-state index contributed by atoms with van der Waals surface area (Å²) in [5.41, 5.74) is 2.41. The lowest BCUT2D eigenvalue weighted by Gasteiger charge is -2.33. The first-order valence-electron chi connectivity index (χ1n) is 22.5. The van der Waals surface area contributed by atoms with Crippen molar-refractivity contribution in [1.29, 1.82) is 0 Å². The molecule has 2 aromatic carbocycles. The van der Waals surface area contributed by atoms with Gasteiger partial charge in [-0.2, -0.15) is 4.31 Å². The van der Waals surface area contributed by atoms with Gasteiger partial charge in [0.25, 0.3) is 0 Å². The van der Waals surface area contributed by atoms with Gasteiger partial charge < -0.3 is 35.1 Å². The Morgan fingerprint density at radius 1 is 0.771 bits per heavy atom. The minimum Gasteiger partial charge on any atom is -0.495 e. The number of sulfonamides is 1. The van der Waals surface area contributed by atoms with Crippen LogP contribution in [0.1, 0.15) is 52.0 Å². The maximum absolute atomic E-state index is 13.3. The van der Waals surface area contributed by atoms with E-state index in [2.05, 4.69) is 35.5 Å². The molecular formula is C46H57BCl2N12O8S. The summed E-state index contributed by atoms with van der Waals surface area (Å²) < 4.78 is 35.3. The number of ether oxygens (including phenoxy) is 1. The van der Waals surface area contributed by atoms with Crippen molar-refractivity contribution in [3.8, 4) is 17.1 Å². The van der Waals surface area contributed by atoms with E-state index in [9.17, 15) is 33.7 Å². The first-order chi connectivity index (χ1) is 33.2. The minimum absolute atomic E-state index is 0. The van der Waals surface area contributed by atoms with Crippen LogP contribution in [0, 0.1) is 20.2 Å². The molecule has 0 saturated carbocycles. The number of piperidine rings is 3. The van der Waals surface area contributed by atoms with E-state index in [0.717, 1.165) is 74.4 Å². The quantitative estimate of drug-likeness (QED) is 0.0512. The zero-order valence-corrected chi connectivity index (χ0v) is 40.4. The van der Waals surface area contributed by atoms with Crippen LogP contribution in [0.2, 0.25) is 16.9 Å². The van der Waals surface area contributed by atoms with Gasteiger partial charge >= 0.3 is 18.4 Å². The molecule has 4 aromatic heterocycles. The van der Waals surface area contributed by atoms with Crippen LogP contribution in [0.25, 0.3) is 22.6 Å². The van der Waals surface area contributed by atoms with Crippen molar-refractivity contribution in [2.24, 2.45) is 0 Å². The molecule has 24 heteroatoms. The largest absolute Gasteiger partial charge is 0.495 e. The average Bonchev–Trinajstić information content (AvgIpc) is 3.75. The first kappa shape index (κ1) is 53.3. The Bertz CT molecular complexity index is 2830. The Labute approximate surface area is 417 Å². The number of nitrogens with one attached hydrogen (secondary N) is 3. The summed E-state index contributed by atoms with van der Waals surface area (Å²) >= 11 is 12.7. The lowest BCUT2D eigenvalue weighted by Crippen LogP contribution is -2.46. The van der Waals surface area contributed by atoms with E-state index in [1.807, 2.05) is 41.2 Å². The van der Waals surface area contributed by atoms with Gasteiger partial charge in [0.1, 0.15) is 17.1 Å². The van der Waals surface area contributed by atoms with E-state index in [1.165, 1.54) is 35.7 Å². The molecular weight excluding hydrogens is 962 g/mol. The van der Waals surface area contributed by atoms with Crippen molar-refractivity contribution < 1.29 is 28.0 Å². The maximum atomic E-state index is 13.3. The van der Waals surface area contributed by atoms with Crippen molar-refractivity contribution >= 4 is 74.5 Å². The number of nitro groups is 2. The molecule has 3 saturated heterocycles. The van der Waals surface area contributed by atoms with Crippen molar-refractivity contribution in [1.82, 2.24) is 38.9 Å². The highest BCUT2D eigenvalue weighted by Gasteiger charge is 2.33. The van der Waals surface area contributed by atoms with Crippen molar-refractivity contribution in [3.63, 3.8) is 0 Å². The number of pyridine rings is 3. The van der Waals surface area contributed by atoms with E-state index < -0.39 is 26.9 Å². The fourth-order valence-corrected chi connectivity index (χ4v) is 10.5. The first-order valence-corrected chi connectivity index (χ1v) is 24.7. The van der Waals surface area contributed by atoms with E-state index in [-0.39, 0.29) is 46.8 Å². The number of aromatic nitrogens is 5. The molecule has 6 aromatic rings. The van der Waals surface area contributed by atoms with Crippen LogP contribution in [0.3, 0.4) is 0 Å². The van der Waals surface area contributed by atoms with Crippen LogP contribution >= 0.6 is 23.2 Å². The van der Waals surface area contributed by atoms with Gasteiger partial charge in [0.05, 0.1) is 31.9 Å². The van der Waals surface area contributed by atoms with Gasteiger partial charge in [-0.05, 0) is 126 Å². The van der Waals surface area contributed by atoms with Crippen LogP contribution in [0.5, 0.6) is 5.75 Å². The van der Waals surface area contributed by atoms with Gasteiger partial charge in [-0.3, -0.25) is 20.2 Å². The highest BCUT2D eigenvalue weighted by molar-refractivity contribution is 7.89. The number of fused-ring (bicyclic) bond motifs is 1. The van der Waals surface area contributed by atoms with Gasteiger partial charge in [0.15, 0.2) is 5.65 Å². The fourth-order valence-electron chi connectivity index (χ4n) is 8.49. The lowest BCUT2D eigenvalue weighted by molar-refractivity contribution is -0.384. The Morgan fingerprint density at radius 3 is 1.90 bits per heavy atom. The lowest BCUT2D eigenvalue weighted by atomic mass is 9.82. The third-order valence-corrected chi connectivity index (χ3v) is 14.7. The molecule has 0 atom stereocenters. The number of hydrogen-bond acceptors (Lipinski definition) is 16. The summed E-state index contributed by atoms with van der Waals surface area (Å²) in [7, 11) is -2.63. The van der Waals surface area contributed by atoms with Crippen molar-refractivity contribution in [2.45, 2.75) is 75.8 Å². The van der Waals surface area contributed by atoms with E-state index in [0.29, 0.717) is 48.3 Å². The molecule has 70 heavy (non-hydrogen) atoms. The standard InChI is InChI=1S/C24H22Cl2N4O3S.C11H17BN4O3.C10H14N4O2.CH4/c1-33-22-9-8-17(15-20(22)26)34(31,32)29-13-10-16(11-14-29)30-23(18-5-2-3-6-19(18)25)28-21-7-4-12-27-24(21)30;1-12(17)15-7-4-9(5-8-15)14-11-10(16(18)19)3-2-6-13-11;15-14(16)9-2-1-5-12-10(9)13-8-3-6-11-7-4-8;/h2-9,12,15-16H,10-11,13-14H2,1H3;2-3,6,9,17H,4-5,7-8H2,1H3,(H,13,14);1-2,5,8,11H,3-4,6-7H2,(H,12,13);1H4. The summed E-state index contributed by atoms with van der Waals surface area (Å²) in [4.78, 5) is 40.4. The van der Waals surface area contributed by atoms with Crippen LogP contribution in [0.15, 0.2) is 102 Å². The monoisotopic (exact) mass is 1020 g/mol. The summed E-state index contributed by atoms with van der Waals surface area (Å²) in [6, 6.07) is 22.4. The van der Waals surface area contributed by atoms with Crippen LogP contribution < -0.4 is 20.7 Å². The molecule has 0 spiro atoms. The van der Waals surface area contributed by atoms with Crippen LogP contribution in [0.4, 0.5) is 23.0 Å². The molecule has 7 heterocycles. The second-order valence-electron chi connectivity index (χ2n) is 16.6. The third-order valence-electron chi connectivity index (χ3n) is 12.2.